The summed E-state index contributed by atoms with van der Waals surface area (Å²) in [6.45, 7) is 2.49. The molecule has 2 amide bonds. The minimum Gasteiger partial charge on any atom is -0.406 e. The fourth-order valence-corrected chi connectivity index (χ4v) is 3.34. The van der Waals surface area contributed by atoms with Gasteiger partial charge in [0.2, 0.25) is 11.8 Å². The molecule has 142 valence electrons. The fraction of sp³-hybridized carbons (Fsp3) is 0.529. The molecule has 0 spiro atoms. The van der Waals surface area contributed by atoms with Crippen molar-refractivity contribution in [2.24, 2.45) is 0 Å². The van der Waals surface area contributed by atoms with Gasteiger partial charge in [-0.25, -0.2) is 0 Å². The first-order chi connectivity index (χ1) is 12.3. The van der Waals surface area contributed by atoms with Crippen molar-refractivity contribution < 1.29 is 27.5 Å². The molecular formula is C17H20F3N3O3. The summed E-state index contributed by atoms with van der Waals surface area (Å²) >= 11 is 0. The lowest BCUT2D eigenvalue weighted by Gasteiger charge is -2.35. The molecular weight excluding hydrogens is 351 g/mol. The largest absolute Gasteiger partial charge is 0.573 e. The van der Waals surface area contributed by atoms with Crippen molar-refractivity contribution >= 4 is 11.8 Å². The molecule has 0 radical (unpaired) electrons. The number of alkyl halides is 3. The van der Waals surface area contributed by atoms with Crippen LogP contribution in [0.25, 0.3) is 0 Å². The summed E-state index contributed by atoms with van der Waals surface area (Å²) in [4.78, 5) is 28.3. The van der Waals surface area contributed by atoms with E-state index in [0.29, 0.717) is 18.7 Å². The summed E-state index contributed by atoms with van der Waals surface area (Å²) < 4.78 is 40.7. The molecule has 1 N–H and O–H groups in total. The van der Waals surface area contributed by atoms with Gasteiger partial charge in [0.1, 0.15) is 11.8 Å². The van der Waals surface area contributed by atoms with E-state index in [0.717, 1.165) is 25.9 Å². The van der Waals surface area contributed by atoms with Gasteiger partial charge in [-0.15, -0.1) is 13.2 Å². The minimum absolute atomic E-state index is 0.0285. The van der Waals surface area contributed by atoms with Crippen LogP contribution in [0.15, 0.2) is 24.3 Å². The Bertz CT molecular complexity index is 657. The monoisotopic (exact) mass is 371 g/mol. The number of amides is 2. The van der Waals surface area contributed by atoms with Crippen LogP contribution in [0.3, 0.4) is 0 Å². The molecule has 26 heavy (non-hydrogen) atoms. The second-order valence-corrected chi connectivity index (χ2v) is 6.37. The smallest absolute Gasteiger partial charge is 0.406 e. The molecule has 1 aromatic carbocycles. The van der Waals surface area contributed by atoms with Gasteiger partial charge < -0.3 is 15.0 Å². The number of nitrogens with zero attached hydrogens (tertiary/aromatic N) is 2. The van der Waals surface area contributed by atoms with Gasteiger partial charge in [-0.3, -0.25) is 14.5 Å². The maximum absolute atomic E-state index is 12.4. The van der Waals surface area contributed by atoms with Crippen LogP contribution < -0.4 is 10.1 Å². The van der Waals surface area contributed by atoms with Crippen LogP contribution in [0.2, 0.25) is 0 Å². The molecule has 2 saturated heterocycles. The van der Waals surface area contributed by atoms with Gasteiger partial charge in [0.25, 0.3) is 0 Å². The summed E-state index contributed by atoms with van der Waals surface area (Å²) in [5.41, 5.74) is 0.519. The number of nitrogens with one attached hydrogen (secondary N) is 1. The van der Waals surface area contributed by atoms with E-state index < -0.39 is 12.4 Å². The SMILES string of the molecule is O=C1NCCN(CC(=O)N2CCCC2)[C@@H]1c1ccc(OC(F)(F)F)cc1. The average Bonchev–Trinajstić information content (AvgIpc) is 3.09. The predicted octanol–water partition coefficient (Wildman–Crippen LogP) is 1.68. The molecule has 0 aliphatic carbocycles. The van der Waals surface area contributed by atoms with E-state index in [2.05, 4.69) is 10.1 Å². The summed E-state index contributed by atoms with van der Waals surface area (Å²) in [6, 6.07) is 4.47. The van der Waals surface area contributed by atoms with Crippen molar-refractivity contribution in [2.75, 3.05) is 32.7 Å². The zero-order valence-electron chi connectivity index (χ0n) is 14.1. The normalized spacial score (nSPS) is 21.6. The van der Waals surface area contributed by atoms with E-state index in [1.54, 1.807) is 9.80 Å². The molecule has 6 nitrogen and oxygen atoms in total. The molecule has 0 saturated carbocycles. The number of ether oxygens (including phenoxy) is 1. The van der Waals surface area contributed by atoms with Crippen LogP contribution in [0.1, 0.15) is 24.4 Å². The van der Waals surface area contributed by atoms with Crippen LogP contribution in [0, 0.1) is 0 Å². The lowest BCUT2D eigenvalue weighted by Crippen LogP contribution is -2.52. The first kappa shape index (κ1) is 18.5. The van der Waals surface area contributed by atoms with Crippen LogP contribution in [0.5, 0.6) is 5.75 Å². The van der Waals surface area contributed by atoms with Crippen molar-refractivity contribution in [3.63, 3.8) is 0 Å². The van der Waals surface area contributed by atoms with Gasteiger partial charge in [0.15, 0.2) is 0 Å². The number of piperazine rings is 1. The Morgan fingerprint density at radius 1 is 1.15 bits per heavy atom. The molecule has 0 bridgehead atoms. The Hall–Kier alpha value is -2.29. The summed E-state index contributed by atoms with van der Waals surface area (Å²) in [6.07, 6.45) is -2.80. The highest BCUT2D eigenvalue weighted by Crippen LogP contribution is 2.28. The van der Waals surface area contributed by atoms with Crippen molar-refractivity contribution in [1.82, 2.24) is 15.1 Å². The number of hydrogen-bond donors (Lipinski definition) is 1. The van der Waals surface area contributed by atoms with E-state index in [1.165, 1.54) is 24.3 Å². The Labute approximate surface area is 148 Å². The Balaban J connectivity index is 1.73. The topological polar surface area (TPSA) is 61.9 Å². The molecule has 2 fully saturated rings. The Morgan fingerprint density at radius 3 is 2.42 bits per heavy atom. The third-order valence-corrected chi connectivity index (χ3v) is 4.54. The van der Waals surface area contributed by atoms with E-state index in [9.17, 15) is 22.8 Å². The van der Waals surface area contributed by atoms with E-state index in [1.807, 2.05) is 0 Å². The molecule has 2 heterocycles. The van der Waals surface area contributed by atoms with Crippen LogP contribution >= 0.6 is 0 Å². The van der Waals surface area contributed by atoms with Gasteiger partial charge in [-0.2, -0.15) is 0 Å². The average molecular weight is 371 g/mol. The van der Waals surface area contributed by atoms with Crippen LogP contribution in [-0.4, -0.2) is 60.7 Å². The molecule has 2 aliphatic rings. The fourth-order valence-electron chi connectivity index (χ4n) is 3.34. The lowest BCUT2D eigenvalue weighted by atomic mass is 10.0. The van der Waals surface area contributed by atoms with Gasteiger partial charge in [0, 0.05) is 26.2 Å². The maximum Gasteiger partial charge on any atom is 0.573 e. The van der Waals surface area contributed by atoms with E-state index >= 15 is 0 Å². The van der Waals surface area contributed by atoms with E-state index in [4.69, 9.17) is 0 Å². The van der Waals surface area contributed by atoms with Gasteiger partial charge in [-0.05, 0) is 30.5 Å². The Morgan fingerprint density at radius 2 is 1.81 bits per heavy atom. The molecule has 0 aromatic heterocycles. The Kier molecular flexibility index (Phi) is 5.36. The van der Waals surface area contributed by atoms with Crippen molar-refractivity contribution in [3.05, 3.63) is 29.8 Å². The molecule has 1 atom stereocenters. The van der Waals surface area contributed by atoms with Crippen LogP contribution in [-0.2, 0) is 9.59 Å². The van der Waals surface area contributed by atoms with Crippen molar-refractivity contribution in [3.8, 4) is 5.75 Å². The summed E-state index contributed by atoms with van der Waals surface area (Å²) in [5, 5.41) is 2.74. The minimum atomic E-state index is -4.77. The molecule has 9 heteroatoms. The second-order valence-electron chi connectivity index (χ2n) is 6.37. The summed E-state index contributed by atoms with van der Waals surface area (Å²) in [7, 11) is 0. The molecule has 1 aromatic rings. The number of carbonyl (C=O) groups excluding carboxylic acids is 2. The second kappa shape index (κ2) is 7.53. The third kappa shape index (κ3) is 4.46. The number of rotatable bonds is 4. The molecule has 2 aliphatic heterocycles. The van der Waals surface area contributed by atoms with Gasteiger partial charge in [0.05, 0.1) is 6.54 Å². The van der Waals surface area contributed by atoms with Crippen molar-refractivity contribution in [1.29, 1.82) is 0 Å². The number of likely N-dealkylation sites (tertiary alicyclic amines) is 1. The maximum atomic E-state index is 12.4. The molecule has 0 unspecified atom stereocenters. The highest BCUT2D eigenvalue weighted by molar-refractivity contribution is 5.85. The number of carbonyl (C=O) groups is 2. The van der Waals surface area contributed by atoms with Gasteiger partial charge >= 0.3 is 6.36 Å². The number of halogens is 3. The quantitative estimate of drug-likeness (QED) is 0.875. The predicted molar refractivity (Wildman–Crippen MR) is 86.3 cm³/mol. The third-order valence-electron chi connectivity index (χ3n) is 4.54. The van der Waals surface area contributed by atoms with Gasteiger partial charge in [-0.1, -0.05) is 12.1 Å². The standard InChI is InChI=1S/C17H20F3N3O3/c18-17(19,20)26-13-5-3-12(4-6-13)15-16(25)21-7-10-23(15)11-14(24)22-8-1-2-9-22/h3-6,15H,1-2,7-11H2,(H,21,25)/t15-/m1/s1. The first-order valence-corrected chi connectivity index (χ1v) is 8.49. The lowest BCUT2D eigenvalue weighted by molar-refractivity contribution is -0.274. The highest BCUT2D eigenvalue weighted by atomic mass is 19.4. The molecule has 3 rings (SSSR count). The van der Waals surface area contributed by atoms with Crippen LogP contribution in [0.4, 0.5) is 13.2 Å². The number of benzene rings is 1. The summed E-state index contributed by atoms with van der Waals surface area (Å²) in [5.74, 6) is -0.647. The zero-order valence-corrected chi connectivity index (χ0v) is 14.1. The highest BCUT2D eigenvalue weighted by Gasteiger charge is 2.34. The van der Waals surface area contributed by atoms with E-state index in [-0.39, 0.29) is 24.1 Å². The number of hydrogen-bond acceptors (Lipinski definition) is 4. The van der Waals surface area contributed by atoms with Crippen molar-refractivity contribution in [2.45, 2.75) is 25.2 Å². The zero-order chi connectivity index (χ0) is 18.7. The first-order valence-electron chi connectivity index (χ1n) is 8.49.